The summed E-state index contributed by atoms with van der Waals surface area (Å²) in [6, 6.07) is 16.1. The first-order valence-electron chi connectivity index (χ1n) is 7.27. The first kappa shape index (κ1) is 15.2. The molecular weight excluding hydrogens is 262 g/mol. The van der Waals surface area contributed by atoms with Crippen molar-refractivity contribution in [3.63, 3.8) is 0 Å². The molecular formula is C18H23NO2. The summed E-state index contributed by atoms with van der Waals surface area (Å²) in [4.78, 5) is 0. The molecule has 0 aliphatic carbocycles. The second-order valence-electron chi connectivity index (χ2n) is 5.43. The van der Waals surface area contributed by atoms with Crippen LogP contribution in [0.25, 0.3) is 0 Å². The van der Waals surface area contributed by atoms with Crippen molar-refractivity contribution in [1.29, 1.82) is 0 Å². The van der Waals surface area contributed by atoms with Gasteiger partial charge in [0, 0.05) is 12.2 Å². The van der Waals surface area contributed by atoms with E-state index in [1.807, 2.05) is 36.4 Å². The molecule has 3 heteroatoms. The highest BCUT2D eigenvalue weighted by Gasteiger charge is 2.00. The van der Waals surface area contributed by atoms with Crippen LogP contribution >= 0.6 is 0 Å². The van der Waals surface area contributed by atoms with Gasteiger partial charge in [-0.1, -0.05) is 26.0 Å². The van der Waals surface area contributed by atoms with Crippen LogP contribution in [0.2, 0.25) is 0 Å². The zero-order chi connectivity index (χ0) is 15.1. The number of hydrogen-bond donors (Lipinski definition) is 1. The van der Waals surface area contributed by atoms with Crippen molar-refractivity contribution in [2.24, 2.45) is 5.92 Å². The van der Waals surface area contributed by atoms with E-state index < -0.39 is 0 Å². The van der Waals surface area contributed by atoms with Gasteiger partial charge in [0.1, 0.15) is 11.5 Å². The van der Waals surface area contributed by atoms with Crippen LogP contribution in [-0.4, -0.2) is 13.7 Å². The van der Waals surface area contributed by atoms with E-state index in [4.69, 9.17) is 9.47 Å². The maximum atomic E-state index is 5.75. The number of anilines is 1. The Bertz CT molecular complexity index is 549. The van der Waals surface area contributed by atoms with Gasteiger partial charge in [-0.3, -0.25) is 0 Å². The number of hydrogen-bond acceptors (Lipinski definition) is 3. The first-order valence-corrected chi connectivity index (χ1v) is 7.27. The second kappa shape index (κ2) is 7.58. The Kier molecular flexibility index (Phi) is 5.50. The molecule has 0 aliphatic rings. The van der Waals surface area contributed by atoms with Gasteiger partial charge < -0.3 is 14.8 Å². The molecule has 0 amide bonds. The number of nitrogens with one attached hydrogen (secondary N) is 1. The van der Waals surface area contributed by atoms with Crippen molar-refractivity contribution < 1.29 is 9.47 Å². The molecule has 2 rings (SSSR count). The van der Waals surface area contributed by atoms with E-state index in [0.29, 0.717) is 5.92 Å². The number of rotatable bonds is 7. The molecule has 2 aromatic carbocycles. The van der Waals surface area contributed by atoms with E-state index in [-0.39, 0.29) is 0 Å². The van der Waals surface area contributed by atoms with Crippen LogP contribution < -0.4 is 14.8 Å². The standard InChI is InChI=1S/C18H23NO2/c1-14(2)13-21-18-6-4-5-15(11-18)12-19-16-7-9-17(20-3)10-8-16/h4-11,14,19H,12-13H2,1-3H3. The lowest BCUT2D eigenvalue weighted by Gasteiger charge is -2.11. The van der Waals surface area contributed by atoms with Gasteiger partial charge in [-0.05, 0) is 47.9 Å². The molecule has 0 saturated carbocycles. The maximum absolute atomic E-state index is 5.75. The SMILES string of the molecule is COc1ccc(NCc2cccc(OCC(C)C)c2)cc1. The van der Waals surface area contributed by atoms with Crippen molar-refractivity contribution >= 4 is 5.69 Å². The number of benzene rings is 2. The van der Waals surface area contributed by atoms with Gasteiger partial charge in [-0.2, -0.15) is 0 Å². The highest BCUT2D eigenvalue weighted by molar-refractivity contribution is 5.47. The van der Waals surface area contributed by atoms with E-state index in [0.717, 1.165) is 30.3 Å². The average Bonchev–Trinajstić information content (AvgIpc) is 2.52. The zero-order valence-electron chi connectivity index (χ0n) is 12.9. The van der Waals surface area contributed by atoms with Crippen LogP contribution in [-0.2, 0) is 6.54 Å². The number of ether oxygens (including phenoxy) is 2. The van der Waals surface area contributed by atoms with E-state index >= 15 is 0 Å². The Balaban J connectivity index is 1.91. The van der Waals surface area contributed by atoms with E-state index in [1.165, 1.54) is 5.56 Å². The molecule has 112 valence electrons. The molecule has 0 heterocycles. The van der Waals surface area contributed by atoms with Gasteiger partial charge in [-0.25, -0.2) is 0 Å². The molecule has 0 unspecified atom stereocenters. The van der Waals surface area contributed by atoms with Crippen molar-refractivity contribution in [3.05, 3.63) is 54.1 Å². The summed E-state index contributed by atoms with van der Waals surface area (Å²) in [6.45, 7) is 5.81. The molecule has 2 aromatic rings. The van der Waals surface area contributed by atoms with Crippen LogP contribution in [0, 0.1) is 5.92 Å². The normalized spacial score (nSPS) is 10.5. The molecule has 3 nitrogen and oxygen atoms in total. The Labute approximate surface area is 126 Å². The highest BCUT2D eigenvalue weighted by atomic mass is 16.5. The zero-order valence-corrected chi connectivity index (χ0v) is 12.9. The summed E-state index contributed by atoms with van der Waals surface area (Å²) in [5.41, 5.74) is 2.27. The first-order chi connectivity index (χ1) is 10.2. The predicted molar refractivity (Wildman–Crippen MR) is 87.1 cm³/mol. The second-order valence-corrected chi connectivity index (χ2v) is 5.43. The monoisotopic (exact) mass is 285 g/mol. The summed E-state index contributed by atoms with van der Waals surface area (Å²) >= 11 is 0. The Morgan fingerprint density at radius 1 is 1.00 bits per heavy atom. The fourth-order valence-electron chi connectivity index (χ4n) is 1.92. The lowest BCUT2D eigenvalue weighted by atomic mass is 10.2. The molecule has 21 heavy (non-hydrogen) atoms. The van der Waals surface area contributed by atoms with Crippen LogP contribution in [0.15, 0.2) is 48.5 Å². The molecule has 0 aromatic heterocycles. The third-order valence-corrected chi connectivity index (χ3v) is 3.07. The van der Waals surface area contributed by atoms with Crippen LogP contribution in [0.1, 0.15) is 19.4 Å². The summed E-state index contributed by atoms with van der Waals surface area (Å²) in [6.07, 6.45) is 0. The summed E-state index contributed by atoms with van der Waals surface area (Å²) in [5, 5.41) is 3.39. The van der Waals surface area contributed by atoms with E-state index in [1.54, 1.807) is 7.11 Å². The Hall–Kier alpha value is -2.16. The van der Waals surface area contributed by atoms with Crippen LogP contribution in [0.5, 0.6) is 11.5 Å². The molecule has 0 atom stereocenters. The largest absolute Gasteiger partial charge is 0.497 e. The van der Waals surface area contributed by atoms with Gasteiger partial charge in [0.15, 0.2) is 0 Å². The average molecular weight is 285 g/mol. The topological polar surface area (TPSA) is 30.5 Å². The van der Waals surface area contributed by atoms with Gasteiger partial charge in [-0.15, -0.1) is 0 Å². The minimum Gasteiger partial charge on any atom is -0.497 e. The smallest absolute Gasteiger partial charge is 0.119 e. The third kappa shape index (κ3) is 5.03. The lowest BCUT2D eigenvalue weighted by molar-refractivity contribution is 0.271. The summed E-state index contributed by atoms with van der Waals surface area (Å²) in [7, 11) is 1.67. The predicted octanol–water partition coefficient (Wildman–Crippen LogP) is 4.34. The fourth-order valence-corrected chi connectivity index (χ4v) is 1.92. The van der Waals surface area contributed by atoms with Crippen LogP contribution in [0.3, 0.4) is 0 Å². The highest BCUT2D eigenvalue weighted by Crippen LogP contribution is 2.18. The molecule has 0 aliphatic heterocycles. The molecule has 0 spiro atoms. The minimum atomic E-state index is 0.533. The molecule has 1 N–H and O–H groups in total. The van der Waals surface area contributed by atoms with Crippen molar-refractivity contribution in [1.82, 2.24) is 0 Å². The van der Waals surface area contributed by atoms with Crippen molar-refractivity contribution in [3.8, 4) is 11.5 Å². The minimum absolute atomic E-state index is 0.533. The van der Waals surface area contributed by atoms with Gasteiger partial charge in [0.05, 0.1) is 13.7 Å². The van der Waals surface area contributed by atoms with E-state index in [2.05, 4.69) is 31.3 Å². The molecule has 0 radical (unpaired) electrons. The fraction of sp³-hybridized carbons (Fsp3) is 0.333. The third-order valence-electron chi connectivity index (χ3n) is 3.07. The molecule has 0 fully saturated rings. The van der Waals surface area contributed by atoms with Crippen molar-refractivity contribution in [2.75, 3.05) is 19.0 Å². The Morgan fingerprint density at radius 2 is 1.76 bits per heavy atom. The quantitative estimate of drug-likeness (QED) is 0.820. The number of methoxy groups -OCH3 is 1. The van der Waals surface area contributed by atoms with E-state index in [9.17, 15) is 0 Å². The summed E-state index contributed by atoms with van der Waals surface area (Å²) < 4.78 is 10.9. The van der Waals surface area contributed by atoms with Gasteiger partial charge in [0.2, 0.25) is 0 Å². The van der Waals surface area contributed by atoms with Crippen LogP contribution in [0.4, 0.5) is 5.69 Å². The Morgan fingerprint density at radius 3 is 2.43 bits per heavy atom. The maximum Gasteiger partial charge on any atom is 0.119 e. The molecule has 0 saturated heterocycles. The lowest BCUT2D eigenvalue weighted by Crippen LogP contribution is -2.05. The van der Waals surface area contributed by atoms with Gasteiger partial charge in [0.25, 0.3) is 0 Å². The van der Waals surface area contributed by atoms with Crippen molar-refractivity contribution in [2.45, 2.75) is 20.4 Å². The summed E-state index contributed by atoms with van der Waals surface area (Å²) in [5.74, 6) is 2.33. The van der Waals surface area contributed by atoms with Gasteiger partial charge >= 0.3 is 0 Å². The molecule has 0 bridgehead atoms.